The van der Waals surface area contributed by atoms with Crippen molar-refractivity contribution >= 4 is 22.6 Å². The molecule has 0 saturated carbocycles. The first-order valence-corrected chi connectivity index (χ1v) is 8.50. The molecule has 3 aromatic rings. The Morgan fingerprint density at radius 1 is 1.35 bits per heavy atom. The molecule has 0 bridgehead atoms. The van der Waals surface area contributed by atoms with Gasteiger partial charge < -0.3 is 19.8 Å². The molecule has 0 fully saturated rings. The molecule has 0 spiro atoms. The summed E-state index contributed by atoms with van der Waals surface area (Å²) in [5.41, 5.74) is 3.26. The molecule has 1 aromatic heterocycles. The van der Waals surface area contributed by atoms with Gasteiger partial charge in [0.2, 0.25) is 5.91 Å². The van der Waals surface area contributed by atoms with Gasteiger partial charge in [0.1, 0.15) is 17.1 Å². The number of amides is 1. The molecule has 2 N–H and O–H groups in total. The Labute approximate surface area is 150 Å². The van der Waals surface area contributed by atoms with Crippen LogP contribution in [0.5, 0.6) is 5.75 Å². The fraction of sp³-hybridized carbons (Fsp3) is 0.250. The number of fused-ring (bicyclic) bond motifs is 2. The Kier molecular flexibility index (Phi) is 4.34. The molecule has 26 heavy (non-hydrogen) atoms. The number of ether oxygens (including phenoxy) is 1. The van der Waals surface area contributed by atoms with Crippen LogP contribution in [0.25, 0.3) is 11.0 Å². The predicted octanol–water partition coefficient (Wildman–Crippen LogP) is 3.41. The summed E-state index contributed by atoms with van der Waals surface area (Å²) in [4.78, 5) is 12.4. The minimum atomic E-state index is -0.334. The van der Waals surface area contributed by atoms with E-state index in [-0.39, 0.29) is 23.8 Å². The van der Waals surface area contributed by atoms with Gasteiger partial charge in [-0.15, -0.1) is 0 Å². The van der Waals surface area contributed by atoms with Crippen molar-refractivity contribution in [3.63, 3.8) is 0 Å². The Morgan fingerprint density at radius 3 is 3.08 bits per heavy atom. The Morgan fingerprint density at radius 2 is 2.23 bits per heavy atom. The Balaban J connectivity index is 1.53. The highest BCUT2D eigenvalue weighted by Crippen LogP contribution is 2.27. The molecule has 1 aliphatic rings. The maximum Gasteiger partial charge on any atom is 0.229 e. The van der Waals surface area contributed by atoms with Gasteiger partial charge in [0.05, 0.1) is 25.5 Å². The summed E-state index contributed by atoms with van der Waals surface area (Å²) >= 11 is 0. The van der Waals surface area contributed by atoms with Crippen molar-refractivity contribution < 1.29 is 18.3 Å². The van der Waals surface area contributed by atoms with Gasteiger partial charge in [0.15, 0.2) is 0 Å². The number of benzene rings is 2. The number of carbonyl (C=O) groups excluding carboxylic acids is 1. The quantitative estimate of drug-likeness (QED) is 0.754. The molecule has 1 aliphatic heterocycles. The van der Waals surface area contributed by atoms with Gasteiger partial charge in [0, 0.05) is 23.6 Å². The Bertz CT molecular complexity index is 981. The van der Waals surface area contributed by atoms with Crippen LogP contribution in [-0.2, 0) is 24.2 Å². The van der Waals surface area contributed by atoms with Crippen molar-refractivity contribution in [3.05, 3.63) is 59.1 Å². The lowest BCUT2D eigenvalue weighted by Crippen LogP contribution is -2.25. The van der Waals surface area contributed by atoms with Gasteiger partial charge in [-0.1, -0.05) is 6.07 Å². The van der Waals surface area contributed by atoms with E-state index >= 15 is 0 Å². The third-order valence-electron chi connectivity index (χ3n) is 4.70. The van der Waals surface area contributed by atoms with Gasteiger partial charge in [-0.25, -0.2) is 4.39 Å². The third-order valence-corrected chi connectivity index (χ3v) is 4.70. The molecule has 134 valence electrons. The molecule has 4 rings (SSSR count). The van der Waals surface area contributed by atoms with E-state index in [9.17, 15) is 9.18 Å². The molecule has 2 aromatic carbocycles. The van der Waals surface area contributed by atoms with Crippen molar-refractivity contribution in [2.45, 2.75) is 19.4 Å². The fourth-order valence-corrected chi connectivity index (χ4v) is 3.32. The van der Waals surface area contributed by atoms with E-state index in [1.54, 1.807) is 25.5 Å². The summed E-state index contributed by atoms with van der Waals surface area (Å²) < 4.78 is 25.3. The van der Waals surface area contributed by atoms with Crippen LogP contribution in [0, 0.1) is 5.82 Å². The lowest BCUT2D eigenvalue weighted by molar-refractivity contribution is -0.115. The zero-order chi connectivity index (χ0) is 18.1. The average molecular weight is 354 g/mol. The number of anilines is 1. The highest BCUT2D eigenvalue weighted by Gasteiger charge is 2.18. The standard InChI is InChI=1S/C20H19FN2O3/c1-25-14-3-4-15-13(11-26-18(15)9-14)8-19(24)23-17-5-2-12-10-22-7-6-16(12)20(17)21/h2-5,9,11,22H,6-8,10H2,1H3,(H,23,24). The normalized spacial score (nSPS) is 13.5. The summed E-state index contributed by atoms with van der Waals surface area (Å²) in [6.45, 7) is 1.40. The number of rotatable bonds is 4. The zero-order valence-electron chi connectivity index (χ0n) is 14.4. The minimum Gasteiger partial charge on any atom is -0.497 e. The molecular weight excluding hydrogens is 335 g/mol. The van der Waals surface area contributed by atoms with Crippen molar-refractivity contribution in [2.24, 2.45) is 0 Å². The first-order chi connectivity index (χ1) is 12.7. The number of hydrogen-bond acceptors (Lipinski definition) is 4. The number of furan rings is 1. The van der Waals surface area contributed by atoms with Gasteiger partial charge in [0.25, 0.3) is 0 Å². The number of hydrogen-bond donors (Lipinski definition) is 2. The third kappa shape index (κ3) is 3.04. The topological polar surface area (TPSA) is 63.5 Å². The van der Waals surface area contributed by atoms with Crippen LogP contribution in [0.15, 0.2) is 41.0 Å². The van der Waals surface area contributed by atoms with Crippen molar-refractivity contribution in [1.29, 1.82) is 0 Å². The fourth-order valence-electron chi connectivity index (χ4n) is 3.32. The van der Waals surface area contributed by atoms with Crippen molar-refractivity contribution in [2.75, 3.05) is 19.0 Å². The summed E-state index contributed by atoms with van der Waals surface area (Å²) in [6.07, 6.45) is 2.29. The number of halogens is 1. The SMILES string of the molecule is COc1ccc2c(CC(=O)Nc3ccc4c(c3F)CCNC4)coc2c1. The highest BCUT2D eigenvalue weighted by atomic mass is 19.1. The molecule has 0 aliphatic carbocycles. The van der Waals surface area contributed by atoms with Crippen LogP contribution in [0.1, 0.15) is 16.7 Å². The molecule has 0 saturated heterocycles. The zero-order valence-corrected chi connectivity index (χ0v) is 14.4. The van der Waals surface area contributed by atoms with Crippen molar-refractivity contribution in [1.82, 2.24) is 5.32 Å². The summed E-state index contributed by atoms with van der Waals surface area (Å²) in [6, 6.07) is 8.92. The van der Waals surface area contributed by atoms with E-state index < -0.39 is 0 Å². The second-order valence-corrected chi connectivity index (χ2v) is 6.34. The van der Waals surface area contributed by atoms with E-state index in [2.05, 4.69) is 10.6 Å². The van der Waals surface area contributed by atoms with Crippen LogP contribution in [0.2, 0.25) is 0 Å². The van der Waals surface area contributed by atoms with Gasteiger partial charge in [-0.05, 0) is 42.3 Å². The van der Waals surface area contributed by atoms with E-state index in [0.717, 1.165) is 23.1 Å². The second kappa shape index (κ2) is 6.80. The maximum absolute atomic E-state index is 14.7. The molecule has 0 radical (unpaired) electrons. The molecule has 1 amide bonds. The minimum absolute atomic E-state index is 0.109. The largest absolute Gasteiger partial charge is 0.497 e. The molecular formula is C20H19FN2O3. The lowest BCUT2D eigenvalue weighted by Gasteiger charge is -2.19. The maximum atomic E-state index is 14.7. The van der Waals surface area contributed by atoms with Crippen LogP contribution in [0.4, 0.5) is 10.1 Å². The second-order valence-electron chi connectivity index (χ2n) is 6.34. The molecule has 6 heteroatoms. The number of carbonyl (C=O) groups is 1. The Hall–Kier alpha value is -2.86. The predicted molar refractivity (Wildman–Crippen MR) is 96.9 cm³/mol. The van der Waals surface area contributed by atoms with Gasteiger partial charge in [-0.3, -0.25) is 4.79 Å². The lowest BCUT2D eigenvalue weighted by atomic mass is 9.99. The smallest absolute Gasteiger partial charge is 0.229 e. The number of methoxy groups -OCH3 is 1. The van der Waals surface area contributed by atoms with Crippen molar-refractivity contribution in [3.8, 4) is 5.75 Å². The highest BCUT2D eigenvalue weighted by molar-refractivity contribution is 5.95. The molecule has 0 unspecified atom stereocenters. The van der Waals surface area contributed by atoms with Crippen LogP contribution >= 0.6 is 0 Å². The number of nitrogens with one attached hydrogen (secondary N) is 2. The van der Waals surface area contributed by atoms with E-state index in [4.69, 9.17) is 9.15 Å². The molecule has 2 heterocycles. The first-order valence-electron chi connectivity index (χ1n) is 8.50. The van der Waals surface area contributed by atoms with Crippen LogP contribution in [0.3, 0.4) is 0 Å². The average Bonchev–Trinajstić information content (AvgIpc) is 3.06. The first kappa shape index (κ1) is 16.6. The monoisotopic (exact) mass is 354 g/mol. The molecule has 5 nitrogen and oxygen atoms in total. The van der Waals surface area contributed by atoms with Gasteiger partial charge in [-0.2, -0.15) is 0 Å². The summed E-state index contributed by atoms with van der Waals surface area (Å²) in [7, 11) is 1.58. The van der Waals surface area contributed by atoms with Crippen LogP contribution in [-0.4, -0.2) is 19.6 Å². The van der Waals surface area contributed by atoms with E-state index in [1.165, 1.54) is 0 Å². The van der Waals surface area contributed by atoms with E-state index in [0.29, 0.717) is 29.9 Å². The summed E-state index contributed by atoms with van der Waals surface area (Å²) in [5.74, 6) is 0.0731. The summed E-state index contributed by atoms with van der Waals surface area (Å²) in [5, 5.41) is 6.74. The van der Waals surface area contributed by atoms with Gasteiger partial charge >= 0.3 is 0 Å². The molecule has 0 atom stereocenters. The van der Waals surface area contributed by atoms with E-state index in [1.807, 2.05) is 18.2 Å². The van der Waals surface area contributed by atoms with Crippen LogP contribution < -0.4 is 15.4 Å².